The predicted octanol–water partition coefficient (Wildman–Crippen LogP) is 1.16. The topological polar surface area (TPSA) is 88.3 Å². The minimum atomic E-state index is -0.696. The zero-order valence-electron chi connectivity index (χ0n) is 10.2. The summed E-state index contributed by atoms with van der Waals surface area (Å²) in [7, 11) is 1.27. The van der Waals surface area contributed by atoms with Gasteiger partial charge in [-0.1, -0.05) is 36.0 Å². The van der Waals surface area contributed by atoms with E-state index in [4.69, 9.17) is 11.6 Å². The molecule has 1 unspecified atom stereocenters. The van der Waals surface area contributed by atoms with Crippen LogP contribution in [-0.2, 0) is 9.53 Å². The van der Waals surface area contributed by atoms with Gasteiger partial charge in [-0.05, 0) is 12.3 Å². The molecule has 1 aliphatic rings. The lowest BCUT2D eigenvalue weighted by atomic mass is 10.1. The summed E-state index contributed by atoms with van der Waals surface area (Å²) in [5.41, 5.74) is -0.506. The van der Waals surface area contributed by atoms with Crippen LogP contribution in [0.2, 0.25) is 5.02 Å². The number of amides is 1. The van der Waals surface area contributed by atoms with Crippen molar-refractivity contribution >= 4 is 35.0 Å². The standard InChI is InChI=1S/C11H13ClN2O4S/c1-18-11(17)6(4-5-2-3-5)13-10(16)8-7(12)9(15)14-19-8/h5-6H,2-4H2,1H3,(H,13,16)(H,14,15). The summed E-state index contributed by atoms with van der Waals surface area (Å²) < 4.78 is 7.02. The predicted molar refractivity (Wildman–Crippen MR) is 70.6 cm³/mol. The average Bonchev–Trinajstić information content (AvgIpc) is 3.14. The molecule has 1 atom stereocenters. The highest BCUT2D eigenvalue weighted by molar-refractivity contribution is 7.08. The van der Waals surface area contributed by atoms with Crippen molar-refractivity contribution in [3.05, 3.63) is 20.3 Å². The lowest BCUT2D eigenvalue weighted by Gasteiger charge is -2.15. The Hall–Kier alpha value is -1.34. The van der Waals surface area contributed by atoms with Gasteiger partial charge in [0.15, 0.2) is 0 Å². The Morgan fingerprint density at radius 1 is 1.58 bits per heavy atom. The molecule has 0 bridgehead atoms. The van der Waals surface area contributed by atoms with Crippen LogP contribution >= 0.6 is 23.1 Å². The first kappa shape index (κ1) is 14.1. The Balaban J connectivity index is 2.07. The van der Waals surface area contributed by atoms with Crippen molar-refractivity contribution in [2.75, 3.05) is 7.11 Å². The molecule has 1 heterocycles. The van der Waals surface area contributed by atoms with Crippen molar-refractivity contribution in [1.82, 2.24) is 9.69 Å². The van der Waals surface area contributed by atoms with Gasteiger partial charge in [0.25, 0.3) is 11.5 Å². The number of carbonyl (C=O) groups excluding carboxylic acids is 2. The van der Waals surface area contributed by atoms with Crippen molar-refractivity contribution in [3.8, 4) is 0 Å². The van der Waals surface area contributed by atoms with Crippen LogP contribution in [0.5, 0.6) is 0 Å². The number of carbonyl (C=O) groups is 2. The van der Waals surface area contributed by atoms with Crippen molar-refractivity contribution in [1.29, 1.82) is 0 Å². The minimum absolute atomic E-state index is 0.0800. The third-order valence-corrected chi connectivity index (χ3v) is 4.26. The normalized spacial score (nSPS) is 15.9. The van der Waals surface area contributed by atoms with E-state index in [0.29, 0.717) is 12.3 Å². The van der Waals surface area contributed by atoms with Crippen LogP contribution in [0.25, 0.3) is 0 Å². The third kappa shape index (κ3) is 3.36. The largest absolute Gasteiger partial charge is 0.467 e. The fraction of sp³-hybridized carbons (Fsp3) is 0.545. The van der Waals surface area contributed by atoms with E-state index in [1.165, 1.54) is 7.11 Å². The number of nitrogens with one attached hydrogen (secondary N) is 2. The van der Waals surface area contributed by atoms with E-state index in [2.05, 4.69) is 14.4 Å². The van der Waals surface area contributed by atoms with Gasteiger partial charge in [-0.15, -0.1) is 0 Å². The number of aromatic nitrogens is 1. The van der Waals surface area contributed by atoms with Gasteiger partial charge >= 0.3 is 5.97 Å². The first-order chi connectivity index (χ1) is 9.02. The van der Waals surface area contributed by atoms with Crippen LogP contribution < -0.4 is 10.9 Å². The molecule has 8 heteroatoms. The molecule has 1 aliphatic carbocycles. The Morgan fingerprint density at radius 3 is 2.74 bits per heavy atom. The molecule has 0 aromatic carbocycles. The second kappa shape index (κ2) is 5.75. The first-order valence-electron chi connectivity index (χ1n) is 5.78. The molecule has 0 saturated heterocycles. The van der Waals surface area contributed by atoms with Gasteiger partial charge in [-0.25, -0.2) is 4.79 Å². The number of ether oxygens (including phenoxy) is 1. The van der Waals surface area contributed by atoms with Gasteiger partial charge in [0.1, 0.15) is 15.9 Å². The molecule has 0 spiro atoms. The monoisotopic (exact) mass is 304 g/mol. The maximum absolute atomic E-state index is 12.0. The number of H-pyrrole nitrogens is 1. The molecular weight excluding hydrogens is 292 g/mol. The molecule has 2 N–H and O–H groups in total. The maximum atomic E-state index is 12.0. The summed E-state index contributed by atoms with van der Waals surface area (Å²) >= 11 is 6.55. The number of rotatable bonds is 5. The number of hydrogen-bond acceptors (Lipinski definition) is 5. The summed E-state index contributed by atoms with van der Waals surface area (Å²) in [6.45, 7) is 0. The summed E-state index contributed by atoms with van der Waals surface area (Å²) in [6, 6.07) is -0.696. The highest BCUT2D eigenvalue weighted by Gasteiger charge is 2.32. The van der Waals surface area contributed by atoms with E-state index in [9.17, 15) is 14.4 Å². The van der Waals surface area contributed by atoms with Gasteiger partial charge < -0.3 is 10.1 Å². The fourth-order valence-corrected chi connectivity index (χ4v) is 2.64. The molecule has 1 amide bonds. The second-order valence-electron chi connectivity index (χ2n) is 4.40. The van der Waals surface area contributed by atoms with Crippen molar-refractivity contribution in [2.45, 2.75) is 25.3 Å². The molecule has 2 rings (SSSR count). The highest BCUT2D eigenvalue weighted by Crippen LogP contribution is 2.33. The first-order valence-corrected chi connectivity index (χ1v) is 6.98. The zero-order valence-corrected chi connectivity index (χ0v) is 11.8. The van der Waals surface area contributed by atoms with Crippen molar-refractivity contribution in [3.63, 3.8) is 0 Å². The van der Waals surface area contributed by atoms with Gasteiger partial charge in [0, 0.05) is 0 Å². The summed E-state index contributed by atoms with van der Waals surface area (Å²) in [5.74, 6) is -0.575. The quantitative estimate of drug-likeness (QED) is 0.799. The second-order valence-corrected chi connectivity index (χ2v) is 5.60. The molecule has 1 saturated carbocycles. The van der Waals surface area contributed by atoms with E-state index < -0.39 is 23.5 Å². The Labute approximate surface area is 118 Å². The van der Waals surface area contributed by atoms with E-state index >= 15 is 0 Å². The van der Waals surface area contributed by atoms with Crippen LogP contribution in [-0.4, -0.2) is 29.4 Å². The minimum Gasteiger partial charge on any atom is -0.467 e. The summed E-state index contributed by atoms with van der Waals surface area (Å²) in [6.07, 6.45) is 2.67. The molecule has 1 fully saturated rings. The van der Waals surface area contributed by atoms with E-state index in [0.717, 1.165) is 24.4 Å². The number of halogens is 1. The molecule has 0 radical (unpaired) electrons. The Kier molecular flexibility index (Phi) is 4.26. The SMILES string of the molecule is COC(=O)C(CC1CC1)NC(=O)c1s[nH]c(=O)c1Cl. The highest BCUT2D eigenvalue weighted by atomic mass is 35.5. The number of hydrogen-bond donors (Lipinski definition) is 2. The van der Waals surface area contributed by atoms with Gasteiger partial charge in [0.2, 0.25) is 0 Å². The fourth-order valence-electron chi connectivity index (χ4n) is 1.70. The maximum Gasteiger partial charge on any atom is 0.328 e. The van der Waals surface area contributed by atoms with E-state index in [-0.39, 0.29) is 9.90 Å². The molecule has 1 aromatic heterocycles. The number of esters is 1. The molecule has 0 aliphatic heterocycles. The molecule has 1 aromatic rings. The lowest BCUT2D eigenvalue weighted by Crippen LogP contribution is -2.41. The van der Waals surface area contributed by atoms with Crippen LogP contribution in [0.1, 0.15) is 28.9 Å². The molecule has 19 heavy (non-hydrogen) atoms. The van der Waals surface area contributed by atoms with Gasteiger partial charge in [-0.3, -0.25) is 14.0 Å². The Bertz CT molecular complexity index is 549. The smallest absolute Gasteiger partial charge is 0.328 e. The number of methoxy groups -OCH3 is 1. The van der Waals surface area contributed by atoms with Crippen molar-refractivity contribution < 1.29 is 14.3 Å². The van der Waals surface area contributed by atoms with Gasteiger partial charge in [-0.2, -0.15) is 0 Å². The van der Waals surface area contributed by atoms with Gasteiger partial charge in [0.05, 0.1) is 7.11 Å². The van der Waals surface area contributed by atoms with E-state index in [1.807, 2.05) is 0 Å². The molecule has 104 valence electrons. The van der Waals surface area contributed by atoms with Crippen LogP contribution in [0.4, 0.5) is 0 Å². The lowest BCUT2D eigenvalue weighted by molar-refractivity contribution is -0.143. The third-order valence-electron chi connectivity index (χ3n) is 2.91. The van der Waals surface area contributed by atoms with E-state index in [1.54, 1.807) is 0 Å². The molecule has 6 nitrogen and oxygen atoms in total. The summed E-state index contributed by atoms with van der Waals surface area (Å²) in [5, 5.41) is 2.41. The zero-order chi connectivity index (χ0) is 14.0. The van der Waals surface area contributed by atoms with Crippen LogP contribution in [0.3, 0.4) is 0 Å². The molecular formula is C11H13ClN2O4S. The van der Waals surface area contributed by atoms with Crippen LogP contribution in [0.15, 0.2) is 4.79 Å². The number of aromatic amines is 1. The average molecular weight is 305 g/mol. The Morgan fingerprint density at radius 2 is 2.26 bits per heavy atom. The summed E-state index contributed by atoms with van der Waals surface area (Å²) in [4.78, 5) is 34.8. The van der Waals surface area contributed by atoms with Crippen molar-refractivity contribution in [2.24, 2.45) is 5.92 Å². The van der Waals surface area contributed by atoms with Crippen LogP contribution in [0, 0.1) is 5.92 Å².